The van der Waals surface area contributed by atoms with E-state index in [0.717, 1.165) is 16.0 Å². The topological polar surface area (TPSA) is 122 Å². The minimum absolute atomic E-state index is 0.0211. The molecule has 0 radical (unpaired) electrons. The van der Waals surface area contributed by atoms with Crippen LogP contribution in [0.5, 0.6) is 11.5 Å². The van der Waals surface area contributed by atoms with Crippen molar-refractivity contribution in [3.63, 3.8) is 0 Å². The summed E-state index contributed by atoms with van der Waals surface area (Å²) in [6.45, 7) is 1.99. The molecule has 0 aliphatic carbocycles. The number of halogens is 1. The van der Waals surface area contributed by atoms with Crippen LogP contribution < -0.4 is 24.4 Å². The normalized spacial score (nSPS) is 14.2. The molecule has 0 bridgehead atoms. The molecule has 0 saturated heterocycles. The number of esters is 1. The van der Waals surface area contributed by atoms with E-state index in [1.165, 1.54) is 30.6 Å². The Kier molecular flexibility index (Phi) is 10.5. The number of ether oxygens (including phenoxy) is 3. The number of nitro benzene ring substituents is 1. The van der Waals surface area contributed by atoms with Crippen molar-refractivity contribution in [1.29, 1.82) is 0 Å². The first kappa shape index (κ1) is 34.7. The molecular formula is C37H30ClN3O7S2. The third kappa shape index (κ3) is 7.09. The van der Waals surface area contributed by atoms with Crippen molar-refractivity contribution in [2.75, 3.05) is 20.0 Å². The first-order chi connectivity index (χ1) is 24.2. The Balaban J connectivity index is 1.45. The van der Waals surface area contributed by atoms with Crippen LogP contribution in [0, 0.1) is 10.1 Å². The fourth-order valence-electron chi connectivity index (χ4n) is 5.53. The minimum atomic E-state index is -0.799. The van der Waals surface area contributed by atoms with Gasteiger partial charge in [0.1, 0.15) is 6.61 Å². The zero-order valence-corrected chi connectivity index (χ0v) is 29.5. The van der Waals surface area contributed by atoms with Crippen molar-refractivity contribution in [2.24, 2.45) is 4.99 Å². The van der Waals surface area contributed by atoms with Gasteiger partial charge in [-0.3, -0.25) is 19.5 Å². The van der Waals surface area contributed by atoms with Gasteiger partial charge in [0.05, 0.1) is 45.5 Å². The summed E-state index contributed by atoms with van der Waals surface area (Å²) < 4.78 is 19.0. The maximum atomic E-state index is 14.3. The second-order valence-corrected chi connectivity index (χ2v) is 13.2. The lowest BCUT2D eigenvalue weighted by Gasteiger charge is -2.26. The molecule has 0 N–H and O–H groups in total. The number of fused-ring (bicyclic) bond motifs is 1. The molecule has 1 aliphatic heterocycles. The summed E-state index contributed by atoms with van der Waals surface area (Å²) in [6.07, 6.45) is 3.68. The Hall–Kier alpha value is -5.17. The molecule has 0 fully saturated rings. The van der Waals surface area contributed by atoms with Gasteiger partial charge in [-0.15, -0.1) is 11.8 Å². The number of thiazole rings is 1. The number of rotatable bonds is 11. The third-order valence-corrected chi connectivity index (χ3v) is 9.89. The van der Waals surface area contributed by atoms with Gasteiger partial charge >= 0.3 is 5.97 Å². The van der Waals surface area contributed by atoms with Crippen molar-refractivity contribution in [2.45, 2.75) is 24.5 Å². The number of hydrogen-bond donors (Lipinski definition) is 0. The number of aromatic nitrogens is 1. The van der Waals surface area contributed by atoms with E-state index in [1.807, 2.05) is 60.9 Å². The summed E-state index contributed by atoms with van der Waals surface area (Å²) in [5.74, 6) is 0.0664. The van der Waals surface area contributed by atoms with Crippen LogP contribution >= 0.6 is 34.7 Å². The Morgan fingerprint density at radius 1 is 1.08 bits per heavy atom. The van der Waals surface area contributed by atoms with E-state index in [2.05, 4.69) is 0 Å². The number of non-ortho nitro benzene ring substituents is 1. The van der Waals surface area contributed by atoms with E-state index in [0.29, 0.717) is 31.9 Å². The maximum absolute atomic E-state index is 14.3. The van der Waals surface area contributed by atoms with Crippen molar-refractivity contribution >= 4 is 58.1 Å². The fourth-order valence-corrected chi connectivity index (χ4v) is 7.21. The van der Waals surface area contributed by atoms with Gasteiger partial charge in [0.15, 0.2) is 16.3 Å². The first-order valence-corrected chi connectivity index (χ1v) is 17.8. The monoisotopic (exact) mass is 727 g/mol. The lowest BCUT2D eigenvalue weighted by Crippen LogP contribution is -2.40. The summed E-state index contributed by atoms with van der Waals surface area (Å²) in [5.41, 5.74) is 3.09. The SMILES string of the molecule is CCOC(=O)C1=C(c2ccccc2)N=c2s/c(=C\c3cc(Cl)c(OCc4ccc([N+](=O)[O-])cc4)c(OC)c3)c(=O)n2[C@@H]1c1ccc(SC)cc1. The Morgan fingerprint density at radius 3 is 2.44 bits per heavy atom. The molecule has 1 atom stereocenters. The fraction of sp³-hybridized carbons (Fsp3) is 0.162. The van der Waals surface area contributed by atoms with Crippen molar-refractivity contribution in [1.82, 2.24) is 4.57 Å². The molecule has 1 aliphatic rings. The Labute approximate surface area is 300 Å². The van der Waals surface area contributed by atoms with Crippen molar-refractivity contribution in [3.8, 4) is 11.5 Å². The van der Waals surface area contributed by atoms with Crippen LogP contribution in [0.1, 0.15) is 35.2 Å². The van der Waals surface area contributed by atoms with Crippen LogP contribution in [0.4, 0.5) is 5.69 Å². The van der Waals surface area contributed by atoms with Crippen LogP contribution in [-0.2, 0) is 16.1 Å². The van der Waals surface area contributed by atoms with Gasteiger partial charge in [-0.25, -0.2) is 9.79 Å². The van der Waals surface area contributed by atoms with Crippen LogP contribution in [0.2, 0.25) is 5.02 Å². The number of benzene rings is 4. The average Bonchev–Trinajstić information content (AvgIpc) is 3.44. The molecule has 0 saturated carbocycles. The number of carbonyl (C=O) groups excluding carboxylic acids is 1. The molecule has 13 heteroatoms. The zero-order chi connectivity index (χ0) is 35.4. The molecule has 2 heterocycles. The van der Waals surface area contributed by atoms with Gasteiger partial charge in [0, 0.05) is 22.6 Å². The van der Waals surface area contributed by atoms with E-state index >= 15 is 0 Å². The van der Waals surface area contributed by atoms with Crippen molar-refractivity contribution < 1.29 is 23.9 Å². The number of nitro groups is 1. The summed E-state index contributed by atoms with van der Waals surface area (Å²) in [4.78, 5) is 44.9. The Morgan fingerprint density at radius 2 is 1.80 bits per heavy atom. The highest BCUT2D eigenvalue weighted by molar-refractivity contribution is 7.98. The van der Waals surface area contributed by atoms with Gasteiger partial charge in [0.2, 0.25) is 0 Å². The highest BCUT2D eigenvalue weighted by Gasteiger charge is 2.35. The summed E-state index contributed by atoms with van der Waals surface area (Å²) in [7, 11) is 1.48. The molecule has 6 rings (SSSR count). The lowest BCUT2D eigenvalue weighted by atomic mass is 9.93. The molecule has 0 amide bonds. The van der Waals surface area contributed by atoms with E-state index in [4.69, 9.17) is 30.8 Å². The molecular weight excluding hydrogens is 698 g/mol. The van der Waals surface area contributed by atoms with Gasteiger partial charge in [0.25, 0.3) is 11.2 Å². The lowest BCUT2D eigenvalue weighted by molar-refractivity contribution is -0.384. The number of nitrogens with zero attached hydrogens (tertiary/aromatic N) is 3. The largest absolute Gasteiger partial charge is 0.493 e. The predicted octanol–water partition coefficient (Wildman–Crippen LogP) is 6.81. The quantitative estimate of drug-likeness (QED) is 0.0630. The highest BCUT2D eigenvalue weighted by atomic mass is 35.5. The van der Waals surface area contributed by atoms with Gasteiger partial charge in [-0.05, 0) is 72.3 Å². The van der Waals surface area contributed by atoms with E-state index in [-0.39, 0.29) is 40.8 Å². The molecule has 1 aromatic heterocycles. The number of thioether (sulfide) groups is 1. The third-order valence-electron chi connectivity index (χ3n) is 7.89. The van der Waals surface area contributed by atoms with Gasteiger partial charge < -0.3 is 14.2 Å². The average molecular weight is 728 g/mol. The van der Waals surface area contributed by atoms with Crippen LogP contribution in [0.3, 0.4) is 0 Å². The minimum Gasteiger partial charge on any atom is -0.493 e. The molecule has 50 heavy (non-hydrogen) atoms. The van der Waals surface area contributed by atoms with E-state index in [9.17, 15) is 19.7 Å². The highest BCUT2D eigenvalue weighted by Crippen LogP contribution is 2.38. The molecule has 10 nitrogen and oxygen atoms in total. The van der Waals surface area contributed by atoms with Crippen LogP contribution in [0.15, 0.2) is 111 Å². The second-order valence-electron chi connectivity index (χ2n) is 11.0. The smallest absolute Gasteiger partial charge is 0.338 e. The maximum Gasteiger partial charge on any atom is 0.338 e. The molecule has 0 unspecified atom stereocenters. The van der Waals surface area contributed by atoms with Crippen LogP contribution in [0.25, 0.3) is 11.8 Å². The van der Waals surface area contributed by atoms with E-state index < -0.39 is 16.9 Å². The summed E-state index contributed by atoms with van der Waals surface area (Å²) in [6, 6.07) is 25.7. The number of hydrogen-bond acceptors (Lipinski definition) is 10. The molecule has 4 aromatic carbocycles. The molecule has 5 aromatic rings. The summed E-state index contributed by atoms with van der Waals surface area (Å²) >= 11 is 9.47. The number of methoxy groups -OCH3 is 1. The predicted molar refractivity (Wildman–Crippen MR) is 195 cm³/mol. The Bertz CT molecular complexity index is 2290. The second kappa shape index (κ2) is 15.2. The zero-order valence-electron chi connectivity index (χ0n) is 27.1. The molecule has 254 valence electrons. The van der Waals surface area contributed by atoms with E-state index in [1.54, 1.807) is 53.6 Å². The summed E-state index contributed by atoms with van der Waals surface area (Å²) in [5, 5.41) is 11.2. The van der Waals surface area contributed by atoms with Crippen molar-refractivity contribution in [3.05, 3.63) is 154 Å². The number of carbonyl (C=O) groups is 1. The van der Waals surface area contributed by atoms with Gasteiger partial charge in [-0.1, -0.05) is 65.4 Å². The standard InChI is InChI=1S/C37H30ClN3O7S2/c1-4-47-36(43)31-32(24-8-6-5-7-9-24)39-37-40(33(31)25-12-16-27(49-3)17-13-25)35(42)30(50-37)20-23-18-28(38)34(29(19-23)46-2)48-21-22-10-14-26(15-11-22)41(44)45/h5-20,33H,4,21H2,1-3H3/b30-20-/t33-/m1/s1. The first-order valence-electron chi connectivity index (χ1n) is 15.4. The van der Waals surface area contributed by atoms with Crippen LogP contribution in [-0.4, -0.2) is 35.4 Å². The van der Waals surface area contributed by atoms with Gasteiger partial charge in [-0.2, -0.15) is 0 Å². The molecule has 0 spiro atoms.